The first kappa shape index (κ1) is 13.0. The molecule has 1 aliphatic rings. The minimum Gasteiger partial charge on any atom is -0.481 e. The fourth-order valence-corrected chi connectivity index (χ4v) is 2.12. The van der Waals surface area contributed by atoms with Crippen molar-refractivity contribution in [1.82, 2.24) is 10.2 Å². The monoisotopic (exact) mass is 228 g/mol. The van der Waals surface area contributed by atoms with Crippen LogP contribution >= 0.6 is 0 Å². The first-order valence-corrected chi connectivity index (χ1v) is 5.78. The number of hydrogen-bond donors (Lipinski definition) is 2. The Balaban J connectivity index is 2.41. The number of carboxylic acid groups (broad SMARTS) is 1. The Morgan fingerprint density at radius 3 is 2.69 bits per heavy atom. The molecular formula is C11H20N2O3. The van der Waals surface area contributed by atoms with E-state index in [2.05, 4.69) is 5.32 Å². The summed E-state index contributed by atoms with van der Waals surface area (Å²) in [5.41, 5.74) is 0. The van der Waals surface area contributed by atoms with Gasteiger partial charge in [0.1, 0.15) is 0 Å². The Kier molecular flexibility index (Phi) is 4.73. The molecule has 5 nitrogen and oxygen atoms in total. The van der Waals surface area contributed by atoms with Crippen LogP contribution in [0.2, 0.25) is 0 Å². The normalized spacial score (nSPS) is 26.4. The molecule has 1 rings (SSSR count). The summed E-state index contributed by atoms with van der Waals surface area (Å²) in [5, 5.41) is 11.7. The van der Waals surface area contributed by atoms with Crippen LogP contribution in [-0.2, 0) is 9.59 Å². The number of likely N-dealkylation sites (N-methyl/N-ethyl adjacent to an activating group) is 1. The standard InChI is InChI=1S/C11H20N2O3/c1-3-12-10(14)7-13-5-4-9(11(15)16)6-8(13)2/h8-9H,3-7H2,1-2H3,(H,12,14)(H,15,16). The summed E-state index contributed by atoms with van der Waals surface area (Å²) in [6.07, 6.45) is 1.27. The number of rotatable bonds is 4. The van der Waals surface area contributed by atoms with Gasteiger partial charge in [-0.05, 0) is 33.2 Å². The highest BCUT2D eigenvalue weighted by molar-refractivity contribution is 5.78. The molecule has 0 saturated carbocycles. The molecular weight excluding hydrogens is 208 g/mol. The van der Waals surface area contributed by atoms with Gasteiger partial charge in [0, 0.05) is 12.6 Å². The van der Waals surface area contributed by atoms with E-state index >= 15 is 0 Å². The number of nitrogens with one attached hydrogen (secondary N) is 1. The van der Waals surface area contributed by atoms with Crippen molar-refractivity contribution in [3.63, 3.8) is 0 Å². The average molecular weight is 228 g/mol. The van der Waals surface area contributed by atoms with Gasteiger partial charge in [-0.3, -0.25) is 14.5 Å². The van der Waals surface area contributed by atoms with Crippen LogP contribution in [0.4, 0.5) is 0 Å². The second-order valence-corrected chi connectivity index (χ2v) is 4.33. The highest BCUT2D eigenvalue weighted by Crippen LogP contribution is 2.22. The maximum Gasteiger partial charge on any atom is 0.306 e. The first-order chi connectivity index (χ1) is 7.54. The predicted molar refractivity (Wildman–Crippen MR) is 60.1 cm³/mol. The molecule has 2 N–H and O–H groups in total. The zero-order chi connectivity index (χ0) is 12.1. The third-order valence-corrected chi connectivity index (χ3v) is 3.08. The molecule has 92 valence electrons. The molecule has 0 aromatic heterocycles. The van der Waals surface area contributed by atoms with Gasteiger partial charge in [-0.25, -0.2) is 0 Å². The number of carboxylic acids is 1. The van der Waals surface area contributed by atoms with Crippen LogP contribution in [0.1, 0.15) is 26.7 Å². The van der Waals surface area contributed by atoms with Crippen molar-refractivity contribution in [2.45, 2.75) is 32.7 Å². The molecule has 0 aromatic rings. The minimum absolute atomic E-state index is 0.0168. The van der Waals surface area contributed by atoms with E-state index in [4.69, 9.17) is 5.11 Å². The number of aliphatic carboxylic acids is 1. The van der Waals surface area contributed by atoms with E-state index < -0.39 is 5.97 Å². The van der Waals surface area contributed by atoms with Crippen molar-refractivity contribution in [3.8, 4) is 0 Å². The van der Waals surface area contributed by atoms with Gasteiger partial charge in [0.05, 0.1) is 12.5 Å². The number of hydrogen-bond acceptors (Lipinski definition) is 3. The highest BCUT2D eigenvalue weighted by atomic mass is 16.4. The molecule has 1 amide bonds. The number of carbonyl (C=O) groups is 2. The molecule has 1 heterocycles. The Hall–Kier alpha value is -1.10. The minimum atomic E-state index is -0.718. The lowest BCUT2D eigenvalue weighted by Gasteiger charge is -2.35. The topological polar surface area (TPSA) is 69.6 Å². The molecule has 5 heteroatoms. The second kappa shape index (κ2) is 5.84. The lowest BCUT2D eigenvalue weighted by molar-refractivity contribution is -0.144. The Morgan fingerprint density at radius 1 is 1.50 bits per heavy atom. The second-order valence-electron chi connectivity index (χ2n) is 4.33. The lowest BCUT2D eigenvalue weighted by Crippen LogP contribution is -2.47. The molecule has 1 fully saturated rings. The molecule has 1 aliphatic heterocycles. The number of piperidine rings is 1. The van der Waals surface area contributed by atoms with Gasteiger partial charge in [-0.2, -0.15) is 0 Å². The summed E-state index contributed by atoms with van der Waals surface area (Å²) in [7, 11) is 0. The van der Waals surface area contributed by atoms with Gasteiger partial charge in [0.15, 0.2) is 0 Å². The fourth-order valence-electron chi connectivity index (χ4n) is 2.12. The van der Waals surface area contributed by atoms with E-state index in [1.807, 2.05) is 18.7 Å². The van der Waals surface area contributed by atoms with Crippen molar-refractivity contribution in [2.24, 2.45) is 5.92 Å². The van der Waals surface area contributed by atoms with E-state index in [9.17, 15) is 9.59 Å². The van der Waals surface area contributed by atoms with Crippen LogP contribution in [0, 0.1) is 5.92 Å². The first-order valence-electron chi connectivity index (χ1n) is 5.78. The van der Waals surface area contributed by atoms with Crippen LogP contribution in [0.25, 0.3) is 0 Å². The molecule has 1 saturated heterocycles. The molecule has 0 aliphatic carbocycles. The summed E-state index contributed by atoms with van der Waals surface area (Å²) in [5.74, 6) is -0.951. The third-order valence-electron chi connectivity index (χ3n) is 3.08. The number of likely N-dealkylation sites (tertiary alicyclic amines) is 1. The molecule has 2 unspecified atom stereocenters. The summed E-state index contributed by atoms with van der Waals surface area (Å²) in [6, 6.07) is 0.164. The van der Waals surface area contributed by atoms with Crippen molar-refractivity contribution in [2.75, 3.05) is 19.6 Å². The largest absolute Gasteiger partial charge is 0.481 e. The molecule has 0 bridgehead atoms. The van der Waals surface area contributed by atoms with Crippen molar-refractivity contribution in [1.29, 1.82) is 0 Å². The van der Waals surface area contributed by atoms with Crippen LogP contribution in [0.3, 0.4) is 0 Å². The molecule has 0 radical (unpaired) electrons. The number of nitrogens with zero attached hydrogens (tertiary/aromatic N) is 1. The van der Waals surface area contributed by atoms with Crippen LogP contribution in [-0.4, -0.2) is 47.6 Å². The quantitative estimate of drug-likeness (QED) is 0.726. The highest BCUT2D eigenvalue weighted by Gasteiger charge is 2.30. The van der Waals surface area contributed by atoms with Crippen LogP contribution in [0.5, 0.6) is 0 Å². The predicted octanol–water partition coefficient (Wildman–Crippen LogP) is 0.308. The molecule has 16 heavy (non-hydrogen) atoms. The van der Waals surface area contributed by atoms with Gasteiger partial charge < -0.3 is 10.4 Å². The lowest BCUT2D eigenvalue weighted by atomic mass is 9.92. The van der Waals surface area contributed by atoms with Crippen LogP contribution in [0.15, 0.2) is 0 Å². The van der Waals surface area contributed by atoms with E-state index in [-0.39, 0.29) is 17.9 Å². The molecule has 0 aromatic carbocycles. The summed E-state index contributed by atoms with van der Waals surface area (Å²) in [6.45, 7) is 5.57. The summed E-state index contributed by atoms with van der Waals surface area (Å²) >= 11 is 0. The number of carbonyl (C=O) groups excluding carboxylic acids is 1. The SMILES string of the molecule is CCNC(=O)CN1CCC(C(=O)O)CC1C. The molecule has 0 spiro atoms. The van der Waals surface area contributed by atoms with Gasteiger partial charge in [0.2, 0.25) is 5.91 Å². The van der Waals surface area contributed by atoms with E-state index in [0.717, 1.165) is 0 Å². The maximum atomic E-state index is 11.4. The Labute approximate surface area is 95.8 Å². The van der Waals surface area contributed by atoms with Gasteiger partial charge in [0.25, 0.3) is 0 Å². The van der Waals surface area contributed by atoms with Gasteiger partial charge in [-0.1, -0.05) is 0 Å². The number of amides is 1. The maximum absolute atomic E-state index is 11.4. The Morgan fingerprint density at radius 2 is 2.19 bits per heavy atom. The zero-order valence-corrected chi connectivity index (χ0v) is 9.90. The average Bonchev–Trinajstić information content (AvgIpc) is 2.21. The smallest absolute Gasteiger partial charge is 0.306 e. The Bertz CT molecular complexity index is 268. The van der Waals surface area contributed by atoms with Crippen LogP contribution < -0.4 is 5.32 Å². The van der Waals surface area contributed by atoms with Crippen molar-refractivity contribution in [3.05, 3.63) is 0 Å². The van der Waals surface area contributed by atoms with Crippen molar-refractivity contribution >= 4 is 11.9 Å². The molecule has 2 atom stereocenters. The zero-order valence-electron chi connectivity index (χ0n) is 9.90. The third kappa shape index (κ3) is 3.48. The summed E-state index contributed by atoms with van der Waals surface area (Å²) < 4.78 is 0. The van der Waals surface area contributed by atoms with Crippen molar-refractivity contribution < 1.29 is 14.7 Å². The van der Waals surface area contributed by atoms with Gasteiger partial charge >= 0.3 is 5.97 Å². The van der Waals surface area contributed by atoms with E-state index in [0.29, 0.717) is 32.5 Å². The summed E-state index contributed by atoms with van der Waals surface area (Å²) in [4.78, 5) is 24.3. The van der Waals surface area contributed by atoms with E-state index in [1.54, 1.807) is 0 Å². The van der Waals surface area contributed by atoms with Gasteiger partial charge in [-0.15, -0.1) is 0 Å². The van der Waals surface area contributed by atoms with E-state index in [1.165, 1.54) is 0 Å². The fraction of sp³-hybridized carbons (Fsp3) is 0.818.